The van der Waals surface area contributed by atoms with Gasteiger partial charge in [-0.25, -0.2) is 4.39 Å². The maximum atomic E-state index is 13.6. The number of amides is 1. The lowest BCUT2D eigenvalue weighted by molar-refractivity contribution is -0.132. The number of carbonyl (C=O) groups is 2. The summed E-state index contributed by atoms with van der Waals surface area (Å²) in [5, 5.41) is 11.2. The van der Waals surface area contributed by atoms with Gasteiger partial charge in [-0.2, -0.15) is 0 Å². The Hall–Kier alpha value is -3.93. The van der Waals surface area contributed by atoms with Gasteiger partial charge in [-0.05, 0) is 67.4 Å². The minimum Gasteiger partial charge on any atom is -0.507 e. The van der Waals surface area contributed by atoms with Crippen LogP contribution in [0.25, 0.3) is 5.76 Å². The Kier molecular flexibility index (Phi) is 7.30. The Labute approximate surface area is 204 Å². The molecule has 5 nitrogen and oxygen atoms in total. The summed E-state index contributed by atoms with van der Waals surface area (Å²) in [6.45, 7) is 4.64. The van der Waals surface area contributed by atoms with Gasteiger partial charge in [0.1, 0.15) is 17.3 Å². The van der Waals surface area contributed by atoms with Crippen molar-refractivity contribution in [1.29, 1.82) is 0 Å². The van der Waals surface area contributed by atoms with E-state index in [0.29, 0.717) is 29.2 Å². The van der Waals surface area contributed by atoms with Crippen LogP contribution in [0.15, 0.2) is 78.4 Å². The number of Topliss-reactive ketones (excluding diaryl/α,β-unsaturated/α-hetero) is 1. The molecule has 1 aliphatic rings. The normalized spacial score (nSPS) is 17.1. The van der Waals surface area contributed by atoms with Crippen LogP contribution in [-0.2, 0) is 9.59 Å². The van der Waals surface area contributed by atoms with Gasteiger partial charge in [-0.15, -0.1) is 0 Å². The second-order valence-electron chi connectivity index (χ2n) is 8.64. The number of benzene rings is 3. The number of rotatable bonds is 8. The Balaban J connectivity index is 1.75. The van der Waals surface area contributed by atoms with Crippen molar-refractivity contribution in [2.45, 2.75) is 39.2 Å². The molecule has 1 unspecified atom stereocenters. The highest BCUT2D eigenvalue weighted by molar-refractivity contribution is 6.51. The lowest BCUT2D eigenvalue weighted by Crippen LogP contribution is -2.29. The highest BCUT2D eigenvalue weighted by Crippen LogP contribution is 2.42. The molecule has 3 aromatic rings. The fourth-order valence-electron chi connectivity index (χ4n) is 4.26. The number of carbonyl (C=O) groups excluding carboxylic acids is 2. The first kappa shape index (κ1) is 24.2. The first-order chi connectivity index (χ1) is 16.9. The number of unbranched alkanes of at least 4 members (excludes halogenated alkanes) is 2. The van der Waals surface area contributed by atoms with Crippen molar-refractivity contribution >= 4 is 23.1 Å². The minimum atomic E-state index is -0.856. The predicted octanol–water partition coefficient (Wildman–Crippen LogP) is 6.33. The highest BCUT2D eigenvalue weighted by Gasteiger charge is 2.47. The zero-order chi connectivity index (χ0) is 24.9. The molecule has 35 heavy (non-hydrogen) atoms. The second-order valence-corrected chi connectivity index (χ2v) is 8.64. The summed E-state index contributed by atoms with van der Waals surface area (Å²) in [4.78, 5) is 27.7. The Bertz CT molecular complexity index is 1250. The largest absolute Gasteiger partial charge is 0.507 e. The van der Waals surface area contributed by atoms with Gasteiger partial charge in [0.05, 0.1) is 18.2 Å². The van der Waals surface area contributed by atoms with Gasteiger partial charge < -0.3 is 9.84 Å². The van der Waals surface area contributed by atoms with E-state index >= 15 is 0 Å². The average Bonchev–Trinajstić information content (AvgIpc) is 3.13. The maximum absolute atomic E-state index is 13.6. The Morgan fingerprint density at radius 3 is 2.37 bits per heavy atom. The Morgan fingerprint density at radius 1 is 1.00 bits per heavy atom. The molecule has 0 bridgehead atoms. The van der Waals surface area contributed by atoms with Crippen LogP contribution in [0.3, 0.4) is 0 Å². The van der Waals surface area contributed by atoms with Crippen molar-refractivity contribution in [1.82, 2.24) is 0 Å². The van der Waals surface area contributed by atoms with Crippen molar-refractivity contribution in [3.8, 4) is 5.75 Å². The smallest absolute Gasteiger partial charge is 0.300 e. The van der Waals surface area contributed by atoms with Crippen LogP contribution in [-0.4, -0.2) is 23.4 Å². The van der Waals surface area contributed by atoms with Crippen molar-refractivity contribution in [3.05, 3.63) is 101 Å². The summed E-state index contributed by atoms with van der Waals surface area (Å²) >= 11 is 0. The van der Waals surface area contributed by atoms with Gasteiger partial charge in [0, 0.05) is 11.3 Å². The van der Waals surface area contributed by atoms with Crippen molar-refractivity contribution in [2.24, 2.45) is 0 Å². The molecule has 0 aliphatic carbocycles. The van der Waals surface area contributed by atoms with E-state index in [1.807, 2.05) is 25.1 Å². The first-order valence-corrected chi connectivity index (χ1v) is 11.8. The van der Waals surface area contributed by atoms with Crippen LogP contribution < -0.4 is 9.64 Å². The van der Waals surface area contributed by atoms with Gasteiger partial charge in [0.2, 0.25) is 0 Å². The Morgan fingerprint density at radius 2 is 1.71 bits per heavy atom. The van der Waals surface area contributed by atoms with Gasteiger partial charge in [-0.3, -0.25) is 14.5 Å². The summed E-state index contributed by atoms with van der Waals surface area (Å²) in [6.07, 6.45) is 3.15. The van der Waals surface area contributed by atoms with Crippen molar-refractivity contribution in [3.63, 3.8) is 0 Å². The van der Waals surface area contributed by atoms with E-state index < -0.39 is 23.5 Å². The number of ketones is 1. The number of aliphatic hydroxyl groups is 1. The highest BCUT2D eigenvalue weighted by atomic mass is 19.1. The van der Waals surface area contributed by atoms with Gasteiger partial charge in [-0.1, -0.05) is 49.6 Å². The molecule has 0 saturated carbocycles. The molecule has 4 rings (SSSR count). The number of ether oxygens (including phenoxy) is 1. The number of aliphatic hydroxyl groups excluding tert-OH is 1. The van der Waals surface area contributed by atoms with E-state index in [1.54, 1.807) is 30.3 Å². The minimum absolute atomic E-state index is 0.0125. The molecule has 3 aromatic carbocycles. The zero-order valence-electron chi connectivity index (χ0n) is 19.8. The number of anilines is 1. The third-order valence-electron chi connectivity index (χ3n) is 6.05. The van der Waals surface area contributed by atoms with E-state index in [4.69, 9.17) is 4.74 Å². The molecule has 0 aromatic heterocycles. The molecular weight excluding hydrogens is 445 g/mol. The molecule has 1 heterocycles. The summed E-state index contributed by atoms with van der Waals surface area (Å²) in [7, 11) is 0. The van der Waals surface area contributed by atoms with Crippen molar-refractivity contribution in [2.75, 3.05) is 11.5 Å². The molecule has 180 valence electrons. The van der Waals surface area contributed by atoms with Crippen LogP contribution >= 0.6 is 0 Å². The van der Waals surface area contributed by atoms with Crippen molar-refractivity contribution < 1.29 is 23.8 Å². The molecule has 0 spiro atoms. The van der Waals surface area contributed by atoms with Gasteiger partial charge in [0.25, 0.3) is 11.7 Å². The summed E-state index contributed by atoms with van der Waals surface area (Å²) in [5.74, 6) is -1.62. The topological polar surface area (TPSA) is 66.8 Å². The molecule has 1 atom stereocenters. The number of hydrogen-bond donors (Lipinski definition) is 1. The average molecular weight is 474 g/mol. The van der Waals surface area contributed by atoms with Crippen LogP contribution in [0.4, 0.5) is 10.1 Å². The lowest BCUT2D eigenvalue weighted by Gasteiger charge is -2.25. The zero-order valence-corrected chi connectivity index (χ0v) is 19.8. The SMILES string of the molecule is CCCCCOc1ccc(/C(O)=C2/C(=O)C(=O)N(c3ccc(F)cc3)C2c2cccc(C)c2)cc1. The quantitative estimate of drug-likeness (QED) is 0.180. The lowest BCUT2D eigenvalue weighted by atomic mass is 9.94. The summed E-state index contributed by atoms with van der Waals surface area (Å²) in [5.41, 5.74) is 2.37. The summed E-state index contributed by atoms with van der Waals surface area (Å²) in [6, 6.07) is 18.8. The molecular formula is C29H28FNO4. The van der Waals surface area contributed by atoms with Crippen LogP contribution in [0.2, 0.25) is 0 Å². The van der Waals surface area contributed by atoms with Crippen LogP contribution in [0.5, 0.6) is 5.75 Å². The molecule has 1 N–H and O–H groups in total. The van der Waals surface area contributed by atoms with E-state index in [-0.39, 0.29) is 11.3 Å². The third kappa shape index (κ3) is 5.11. The third-order valence-corrected chi connectivity index (χ3v) is 6.05. The van der Waals surface area contributed by atoms with Gasteiger partial charge in [0.15, 0.2) is 0 Å². The van der Waals surface area contributed by atoms with E-state index in [9.17, 15) is 19.1 Å². The van der Waals surface area contributed by atoms with E-state index in [2.05, 4.69) is 6.92 Å². The van der Waals surface area contributed by atoms with Crippen LogP contribution in [0, 0.1) is 12.7 Å². The number of aryl methyl sites for hydroxylation is 1. The predicted molar refractivity (Wildman–Crippen MR) is 134 cm³/mol. The standard InChI is InChI=1S/C29H28FNO4/c1-3-4-5-17-35-24-15-9-20(10-16-24)27(32)25-26(21-8-6-7-19(2)18-21)31(29(34)28(25)33)23-13-11-22(30)12-14-23/h6-16,18,26,32H,3-5,17H2,1-2H3/b27-25-. The van der Waals surface area contributed by atoms with E-state index in [1.165, 1.54) is 29.2 Å². The second kappa shape index (κ2) is 10.6. The maximum Gasteiger partial charge on any atom is 0.300 e. The molecule has 6 heteroatoms. The number of hydrogen-bond acceptors (Lipinski definition) is 4. The van der Waals surface area contributed by atoms with E-state index in [0.717, 1.165) is 24.8 Å². The molecule has 1 fully saturated rings. The number of nitrogens with zero attached hydrogens (tertiary/aromatic N) is 1. The van der Waals surface area contributed by atoms with Gasteiger partial charge >= 0.3 is 0 Å². The molecule has 1 saturated heterocycles. The molecule has 0 radical (unpaired) electrons. The summed E-state index contributed by atoms with van der Waals surface area (Å²) < 4.78 is 19.3. The fourth-order valence-corrected chi connectivity index (χ4v) is 4.26. The first-order valence-electron chi connectivity index (χ1n) is 11.8. The molecule has 1 aliphatic heterocycles. The van der Waals surface area contributed by atoms with Crippen LogP contribution in [0.1, 0.15) is 48.9 Å². The number of halogens is 1. The monoisotopic (exact) mass is 473 g/mol. The molecule has 1 amide bonds. The fraction of sp³-hybridized carbons (Fsp3) is 0.241.